The van der Waals surface area contributed by atoms with E-state index in [4.69, 9.17) is 10.5 Å². The van der Waals surface area contributed by atoms with Crippen molar-refractivity contribution in [1.82, 2.24) is 24.9 Å². The van der Waals surface area contributed by atoms with Crippen molar-refractivity contribution >= 4 is 39.4 Å². The Morgan fingerprint density at radius 1 is 1.03 bits per heavy atom. The number of nitrogens with one attached hydrogen (secondary N) is 3. The third kappa shape index (κ3) is 3.75. The predicted octanol–water partition coefficient (Wildman–Crippen LogP) is 4.26. The van der Waals surface area contributed by atoms with Gasteiger partial charge in [0.15, 0.2) is 0 Å². The van der Waals surface area contributed by atoms with Crippen LogP contribution in [0.25, 0.3) is 21.9 Å². The molecule has 0 aliphatic carbocycles. The van der Waals surface area contributed by atoms with Crippen molar-refractivity contribution in [2.24, 2.45) is 0 Å². The lowest BCUT2D eigenvalue weighted by Gasteiger charge is -2.11. The summed E-state index contributed by atoms with van der Waals surface area (Å²) in [5, 5.41) is 4.55. The molecule has 31 heavy (non-hydrogen) atoms. The highest BCUT2D eigenvalue weighted by atomic mass is 16.5. The average Bonchev–Trinajstić information content (AvgIpc) is 3.34. The number of nitrogens with zero attached hydrogens (tertiary/aromatic N) is 3. The normalized spacial score (nSPS) is 11.3. The molecular formula is C23H23N7O. The van der Waals surface area contributed by atoms with E-state index in [-0.39, 0.29) is 5.95 Å². The molecule has 0 saturated heterocycles. The smallest absolute Gasteiger partial charge is 0.221 e. The molecule has 0 amide bonds. The molecule has 2 aromatic carbocycles. The molecule has 8 heteroatoms. The Kier molecular flexibility index (Phi) is 4.66. The van der Waals surface area contributed by atoms with Gasteiger partial charge in [-0.05, 0) is 61.7 Å². The second-order valence-corrected chi connectivity index (χ2v) is 7.51. The topological polar surface area (TPSA) is 118 Å². The number of aromatic amines is 2. The zero-order valence-corrected chi connectivity index (χ0v) is 17.4. The molecule has 5 N–H and O–H groups in total. The highest BCUT2D eigenvalue weighted by Gasteiger charge is 2.11. The number of aromatic nitrogens is 5. The summed E-state index contributed by atoms with van der Waals surface area (Å²) in [6.07, 6.45) is 5.43. The first kappa shape index (κ1) is 18.9. The number of fused-ring (bicyclic) bond motifs is 2. The van der Waals surface area contributed by atoms with E-state index in [1.165, 1.54) is 5.56 Å². The van der Waals surface area contributed by atoms with Crippen molar-refractivity contribution in [3.05, 3.63) is 65.7 Å². The van der Waals surface area contributed by atoms with Gasteiger partial charge in [-0.15, -0.1) is 0 Å². The van der Waals surface area contributed by atoms with Crippen LogP contribution in [-0.4, -0.2) is 32.0 Å². The summed E-state index contributed by atoms with van der Waals surface area (Å²) in [5.41, 5.74) is 12.0. The van der Waals surface area contributed by atoms with Crippen LogP contribution in [0, 0.1) is 6.92 Å². The first-order valence-electron chi connectivity index (χ1n) is 10.1. The number of hydrogen-bond acceptors (Lipinski definition) is 6. The standard InChI is InChI=1S/C23H23N7O/c1-13-27-20-7-5-16(9-21(20)28-13)29-22-15(12-26-23(24)30-22)4-3-14-11-25-19-8-6-17(31-2)10-18(14)19/h5-12,25H,3-4H2,1-2H3,(H,27,28)(H3,24,26,29,30). The molecule has 0 radical (unpaired) electrons. The maximum Gasteiger partial charge on any atom is 0.221 e. The van der Waals surface area contributed by atoms with Gasteiger partial charge in [-0.2, -0.15) is 4.98 Å². The van der Waals surface area contributed by atoms with Gasteiger partial charge < -0.3 is 25.8 Å². The number of hydrogen-bond donors (Lipinski definition) is 4. The van der Waals surface area contributed by atoms with Crippen LogP contribution in [0.2, 0.25) is 0 Å². The Bertz CT molecular complexity index is 1390. The third-order valence-corrected chi connectivity index (χ3v) is 5.38. The number of H-pyrrole nitrogens is 2. The van der Waals surface area contributed by atoms with Crippen molar-refractivity contribution in [2.75, 3.05) is 18.2 Å². The maximum atomic E-state index is 5.87. The monoisotopic (exact) mass is 413 g/mol. The number of ether oxygens (including phenoxy) is 1. The number of benzene rings is 2. The molecule has 156 valence electrons. The summed E-state index contributed by atoms with van der Waals surface area (Å²) in [4.78, 5) is 19.7. The lowest BCUT2D eigenvalue weighted by Crippen LogP contribution is -2.05. The van der Waals surface area contributed by atoms with Crippen LogP contribution >= 0.6 is 0 Å². The molecule has 0 spiro atoms. The minimum absolute atomic E-state index is 0.238. The summed E-state index contributed by atoms with van der Waals surface area (Å²) < 4.78 is 5.38. The highest BCUT2D eigenvalue weighted by molar-refractivity contribution is 5.85. The summed E-state index contributed by atoms with van der Waals surface area (Å²) in [7, 11) is 1.68. The molecule has 0 atom stereocenters. The van der Waals surface area contributed by atoms with Crippen molar-refractivity contribution < 1.29 is 4.74 Å². The minimum atomic E-state index is 0.238. The third-order valence-electron chi connectivity index (χ3n) is 5.38. The van der Waals surface area contributed by atoms with E-state index in [0.29, 0.717) is 5.82 Å². The quantitative estimate of drug-likeness (QED) is 0.330. The number of rotatable bonds is 6. The van der Waals surface area contributed by atoms with Gasteiger partial charge in [-0.3, -0.25) is 0 Å². The van der Waals surface area contributed by atoms with Crippen LogP contribution < -0.4 is 15.8 Å². The van der Waals surface area contributed by atoms with Gasteiger partial charge in [0.1, 0.15) is 17.4 Å². The molecule has 5 aromatic rings. The van der Waals surface area contributed by atoms with Crippen molar-refractivity contribution in [1.29, 1.82) is 0 Å². The predicted molar refractivity (Wildman–Crippen MR) is 123 cm³/mol. The van der Waals surface area contributed by atoms with Crippen molar-refractivity contribution in [3.63, 3.8) is 0 Å². The summed E-state index contributed by atoms with van der Waals surface area (Å²) in [5.74, 6) is 2.67. The fourth-order valence-electron chi connectivity index (χ4n) is 3.82. The van der Waals surface area contributed by atoms with E-state index in [1.807, 2.05) is 43.5 Å². The van der Waals surface area contributed by atoms with Crippen LogP contribution in [0.5, 0.6) is 5.75 Å². The second kappa shape index (κ2) is 7.64. The Hall–Kier alpha value is -4.07. The Labute approximate surface area is 178 Å². The fraction of sp³-hybridized carbons (Fsp3) is 0.174. The summed E-state index contributed by atoms with van der Waals surface area (Å²) in [6.45, 7) is 1.94. The summed E-state index contributed by atoms with van der Waals surface area (Å²) in [6, 6.07) is 12.0. The van der Waals surface area contributed by atoms with E-state index < -0.39 is 0 Å². The van der Waals surface area contributed by atoms with E-state index >= 15 is 0 Å². The Morgan fingerprint density at radius 2 is 1.90 bits per heavy atom. The molecule has 3 heterocycles. The molecule has 5 rings (SSSR count). The van der Waals surface area contributed by atoms with Crippen molar-refractivity contribution in [2.45, 2.75) is 19.8 Å². The maximum absolute atomic E-state index is 5.87. The average molecular weight is 413 g/mol. The number of aryl methyl sites for hydroxylation is 3. The number of imidazole rings is 1. The van der Waals surface area contributed by atoms with Crippen LogP contribution in [0.3, 0.4) is 0 Å². The van der Waals surface area contributed by atoms with E-state index in [1.54, 1.807) is 13.3 Å². The molecule has 3 aromatic heterocycles. The number of nitrogen functional groups attached to an aromatic ring is 1. The lowest BCUT2D eigenvalue weighted by atomic mass is 10.0. The molecule has 0 unspecified atom stereocenters. The lowest BCUT2D eigenvalue weighted by molar-refractivity contribution is 0.415. The first-order chi connectivity index (χ1) is 15.1. The molecule has 0 bridgehead atoms. The largest absolute Gasteiger partial charge is 0.497 e. The van der Waals surface area contributed by atoms with Gasteiger partial charge >= 0.3 is 0 Å². The van der Waals surface area contributed by atoms with E-state index in [2.05, 4.69) is 36.3 Å². The van der Waals surface area contributed by atoms with E-state index in [9.17, 15) is 0 Å². The van der Waals surface area contributed by atoms with Gasteiger partial charge in [0.05, 0.1) is 18.1 Å². The van der Waals surface area contributed by atoms with Crippen LogP contribution in [0.4, 0.5) is 17.5 Å². The zero-order valence-electron chi connectivity index (χ0n) is 17.4. The molecule has 8 nitrogen and oxygen atoms in total. The number of methoxy groups -OCH3 is 1. The molecule has 0 saturated carbocycles. The SMILES string of the molecule is COc1ccc2[nH]cc(CCc3cnc(N)nc3Nc3ccc4nc(C)[nH]c4c3)c2c1. The molecule has 0 fully saturated rings. The molecule has 0 aliphatic heterocycles. The zero-order chi connectivity index (χ0) is 21.4. The number of nitrogens with two attached hydrogens (primary N) is 1. The van der Waals surface area contributed by atoms with Crippen LogP contribution in [0.15, 0.2) is 48.8 Å². The molecular weight excluding hydrogens is 390 g/mol. The van der Waals surface area contributed by atoms with Gasteiger partial charge in [-0.1, -0.05) is 0 Å². The number of anilines is 3. The second-order valence-electron chi connectivity index (χ2n) is 7.51. The van der Waals surface area contributed by atoms with E-state index in [0.717, 1.165) is 57.6 Å². The van der Waals surface area contributed by atoms with Crippen LogP contribution in [-0.2, 0) is 12.8 Å². The van der Waals surface area contributed by atoms with Gasteiger partial charge in [0, 0.05) is 34.5 Å². The highest BCUT2D eigenvalue weighted by Crippen LogP contribution is 2.27. The Balaban J connectivity index is 1.41. The Morgan fingerprint density at radius 3 is 2.77 bits per heavy atom. The molecule has 0 aliphatic rings. The van der Waals surface area contributed by atoms with Gasteiger partial charge in [-0.25, -0.2) is 9.97 Å². The first-order valence-corrected chi connectivity index (χ1v) is 10.1. The van der Waals surface area contributed by atoms with Gasteiger partial charge in [0.25, 0.3) is 0 Å². The fourth-order valence-corrected chi connectivity index (χ4v) is 3.82. The van der Waals surface area contributed by atoms with Gasteiger partial charge in [0.2, 0.25) is 5.95 Å². The summed E-state index contributed by atoms with van der Waals surface area (Å²) >= 11 is 0. The minimum Gasteiger partial charge on any atom is -0.497 e. The van der Waals surface area contributed by atoms with Crippen molar-refractivity contribution in [3.8, 4) is 5.75 Å². The van der Waals surface area contributed by atoms with Crippen LogP contribution in [0.1, 0.15) is 17.0 Å².